The molecule has 1 aliphatic rings. The quantitative estimate of drug-likeness (QED) is 0.697. The minimum atomic E-state index is -3.41. The minimum absolute atomic E-state index is 0.229. The summed E-state index contributed by atoms with van der Waals surface area (Å²) in [5, 5.41) is 0. The van der Waals surface area contributed by atoms with Crippen molar-refractivity contribution in [3.8, 4) is 0 Å². The topological polar surface area (TPSA) is 118 Å². The fourth-order valence-corrected chi connectivity index (χ4v) is 4.50. The molecule has 28 heavy (non-hydrogen) atoms. The van der Waals surface area contributed by atoms with Gasteiger partial charge in [-0.25, -0.2) is 8.42 Å². The summed E-state index contributed by atoms with van der Waals surface area (Å²) in [5.74, 6) is -1.10. The van der Waals surface area contributed by atoms with Crippen LogP contribution in [0.5, 0.6) is 0 Å². The van der Waals surface area contributed by atoms with Crippen LogP contribution in [0.4, 0.5) is 5.69 Å². The number of benzene rings is 1. The molecule has 2 N–H and O–H groups in total. The van der Waals surface area contributed by atoms with Gasteiger partial charge in [-0.1, -0.05) is 6.07 Å². The summed E-state index contributed by atoms with van der Waals surface area (Å²) < 4.78 is 26.4. The summed E-state index contributed by atoms with van der Waals surface area (Å²) in [4.78, 5) is 35.8. The minimum Gasteiger partial charge on any atom is -0.306 e. The molecule has 2 aromatic rings. The normalized spacial score (nSPS) is 15.8. The van der Waals surface area contributed by atoms with E-state index < -0.39 is 21.8 Å². The summed E-state index contributed by atoms with van der Waals surface area (Å²) in [6.45, 7) is 1.57. The van der Waals surface area contributed by atoms with Crippen LogP contribution in [0, 0.1) is 0 Å². The van der Waals surface area contributed by atoms with E-state index in [0.29, 0.717) is 17.7 Å². The second kappa shape index (κ2) is 7.47. The third-order valence-electron chi connectivity index (χ3n) is 4.38. The number of fused-ring (bicyclic) bond motifs is 1. The van der Waals surface area contributed by atoms with Crippen LogP contribution in [0.25, 0.3) is 0 Å². The summed E-state index contributed by atoms with van der Waals surface area (Å²) in [7, 11) is -3.41. The lowest BCUT2D eigenvalue weighted by atomic mass is 10.1. The molecule has 1 aliphatic heterocycles. The number of hydrogen-bond donors (Lipinski definition) is 2. The van der Waals surface area contributed by atoms with Crippen molar-refractivity contribution in [2.45, 2.75) is 25.9 Å². The predicted octanol–water partition coefficient (Wildman–Crippen LogP) is 0.0201. The second-order valence-corrected chi connectivity index (χ2v) is 8.48. The lowest BCUT2D eigenvalue weighted by molar-refractivity contribution is -0.122. The lowest BCUT2D eigenvalue weighted by Gasteiger charge is -2.21. The number of pyridine rings is 1. The molecule has 0 spiro atoms. The van der Waals surface area contributed by atoms with E-state index in [4.69, 9.17) is 0 Å². The number of aromatic nitrogens is 1. The fourth-order valence-electron chi connectivity index (χ4n) is 3.23. The van der Waals surface area contributed by atoms with E-state index in [1.54, 1.807) is 31.2 Å². The molecule has 0 unspecified atom stereocenters. The van der Waals surface area contributed by atoms with Crippen molar-refractivity contribution >= 4 is 27.5 Å². The number of hydrazine groups is 1. The maximum absolute atomic E-state index is 12.3. The highest BCUT2D eigenvalue weighted by atomic mass is 32.2. The van der Waals surface area contributed by atoms with Crippen LogP contribution in [0.3, 0.4) is 0 Å². The first-order valence-electron chi connectivity index (χ1n) is 8.54. The Hall–Kier alpha value is -3.14. The van der Waals surface area contributed by atoms with E-state index in [0.717, 1.165) is 11.8 Å². The number of carbonyl (C=O) groups excluding carboxylic acids is 2. The van der Waals surface area contributed by atoms with Gasteiger partial charge in [-0.15, -0.1) is 0 Å². The number of sulfonamides is 1. The van der Waals surface area contributed by atoms with Gasteiger partial charge in [0.25, 0.3) is 17.4 Å². The number of anilines is 1. The van der Waals surface area contributed by atoms with Crippen molar-refractivity contribution < 1.29 is 18.0 Å². The number of rotatable bonds is 4. The van der Waals surface area contributed by atoms with E-state index in [2.05, 4.69) is 10.9 Å². The molecule has 0 saturated heterocycles. The molecule has 1 aromatic carbocycles. The molecule has 9 nitrogen and oxygen atoms in total. The monoisotopic (exact) mass is 404 g/mol. The third-order valence-corrected chi connectivity index (χ3v) is 5.65. The van der Waals surface area contributed by atoms with E-state index in [1.165, 1.54) is 27.2 Å². The standard InChI is InChI=1S/C18H20N4O5S/c1-12-9-14-10-13(6-7-15(14)22(12)28(2,26)27)18(25)20-19-16(23)11-21-8-4-3-5-17(21)24/h3-8,10,12H,9,11H2,1-2H3,(H,19,23)(H,20,25)/t12-/m0/s1. The zero-order chi connectivity index (χ0) is 20.5. The Morgan fingerprint density at radius 1 is 1.18 bits per heavy atom. The van der Waals surface area contributed by atoms with Gasteiger partial charge in [-0.2, -0.15) is 0 Å². The van der Waals surface area contributed by atoms with Crippen LogP contribution in [0.15, 0.2) is 47.4 Å². The van der Waals surface area contributed by atoms with E-state index in [1.807, 2.05) is 0 Å². The molecule has 0 aliphatic carbocycles. The Kier molecular flexibility index (Phi) is 5.23. The van der Waals surface area contributed by atoms with Crippen molar-refractivity contribution in [1.82, 2.24) is 15.4 Å². The van der Waals surface area contributed by atoms with Gasteiger partial charge in [0.15, 0.2) is 0 Å². The Balaban J connectivity index is 1.66. The van der Waals surface area contributed by atoms with E-state index in [-0.39, 0.29) is 18.1 Å². The van der Waals surface area contributed by atoms with Crippen molar-refractivity contribution in [2.24, 2.45) is 0 Å². The van der Waals surface area contributed by atoms with Crippen LogP contribution < -0.4 is 20.7 Å². The molecule has 10 heteroatoms. The molecule has 1 aromatic heterocycles. The number of nitrogens with one attached hydrogen (secondary N) is 2. The highest BCUT2D eigenvalue weighted by Gasteiger charge is 2.32. The summed E-state index contributed by atoms with van der Waals surface area (Å²) >= 11 is 0. The average molecular weight is 404 g/mol. The number of carbonyl (C=O) groups is 2. The van der Waals surface area contributed by atoms with Crippen molar-refractivity contribution in [2.75, 3.05) is 10.6 Å². The van der Waals surface area contributed by atoms with Crippen LogP contribution in [-0.4, -0.2) is 37.1 Å². The van der Waals surface area contributed by atoms with Crippen LogP contribution in [0.1, 0.15) is 22.8 Å². The molecule has 1 atom stereocenters. The fraction of sp³-hybridized carbons (Fsp3) is 0.278. The molecule has 0 bridgehead atoms. The number of amides is 2. The molecule has 2 amide bonds. The zero-order valence-corrected chi connectivity index (χ0v) is 16.2. The molecule has 0 saturated carbocycles. The Morgan fingerprint density at radius 2 is 1.93 bits per heavy atom. The van der Waals surface area contributed by atoms with Gasteiger partial charge in [0.2, 0.25) is 10.0 Å². The summed E-state index contributed by atoms with van der Waals surface area (Å²) in [6.07, 6.45) is 3.11. The van der Waals surface area contributed by atoms with Crippen LogP contribution in [-0.2, 0) is 27.8 Å². The smallest absolute Gasteiger partial charge is 0.269 e. The molecule has 2 heterocycles. The molecule has 3 rings (SSSR count). The first-order chi connectivity index (χ1) is 13.2. The molecule has 0 radical (unpaired) electrons. The van der Waals surface area contributed by atoms with Crippen LogP contribution in [0.2, 0.25) is 0 Å². The predicted molar refractivity (Wildman–Crippen MR) is 103 cm³/mol. The van der Waals surface area contributed by atoms with Gasteiger partial charge in [-0.05, 0) is 43.2 Å². The summed E-state index contributed by atoms with van der Waals surface area (Å²) in [6, 6.07) is 8.99. The zero-order valence-electron chi connectivity index (χ0n) is 15.4. The average Bonchev–Trinajstić information content (AvgIpc) is 2.96. The Labute approximate surface area is 162 Å². The maximum atomic E-state index is 12.3. The Bertz CT molecular complexity index is 1090. The van der Waals surface area contributed by atoms with E-state index in [9.17, 15) is 22.8 Å². The molecular formula is C18H20N4O5S. The second-order valence-electron chi connectivity index (χ2n) is 6.62. The van der Waals surface area contributed by atoms with Gasteiger partial charge in [0.05, 0.1) is 11.9 Å². The van der Waals surface area contributed by atoms with Crippen molar-refractivity contribution in [3.63, 3.8) is 0 Å². The molecule has 0 fully saturated rings. The highest BCUT2D eigenvalue weighted by molar-refractivity contribution is 7.92. The first kappa shape index (κ1) is 19.6. The SMILES string of the molecule is C[C@H]1Cc2cc(C(=O)NNC(=O)Cn3ccccc3=O)ccc2N1S(C)(=O)=O. The molecular weight excluding hydrogens is 384 g/mol. The van der Waals surface area contributed by atoms with Gasteiger partial charge in [-0.3, -0.25) is 29.5 Å². The number of nitrogens with zero attached hydrogens (tertiary/aromatic N) is 2. The highest BCUT2D eigenvalue weighted by Crippen LogP contribution is 2.34. The largest absolute Gasteiger partial charge is 0.306 e. The van der Waals surface area contributed by atoms with Gasteiger partial charge in [0, 0.05) is 23.9 Å². The van der Waals surface area contributed by atoms with Crippen molar-refractivity contribution in [1.29, 1.82) is 0 Å². The van der Waals surface area contributed by atoms with Crippen LogP contribution >= 0.6 is 0 Å². The first-order valence-corrected chi connectivity index (χ1v) is 10.4. The van der Waals surface area contributed by atoms with Crippen molar-refractivity contribution in [3.05, 3.63) is 64.1 Å². The van der Waals surface area contributed by atoms with E-state index >= 15 is 0 Å². The van der Waals surface area contributed by atoms with Gasteiger partial charge in [0.1, 0.15) is 6.54 Å². The van der Waals surface area contributed by atoms with Gasteiger partial charge >= 0.3 is 0 Å². The summed E-state index contributed by atoms with van der Waals surface area (Å²) in [5.41, 5.74) is 5.82. The van der Waals surface area contributed by atoms with Gasteiger partial charge < -0.3 is 4.57 Å². The third kappa shape index (κ3) is 4.06. The number of hydrogen-bond acceptors (Lipinski definition) is 5. The Morgan fingerprint density at radius 3 is 2.61 bits per heavy atom. The lowest BCUT2D eigenvalue weighted by Crippen LogP contribution is -2.44. The maximum Gasteiger partial charge on any atom is 0.269 e. The molecule has 148 valence electrons.